The minimum Gasteiger partial charge on any atom is -0.325 e. The van der Waals surface area contributed by atoms with E-state index in [9.17, 15) is 9.59 Å². The van der Waals surface area contributed by atoms with Crippen LogP contribution in [0.4, 0.5) is 5.69 Å². The van der Waals surface area contributed by atoms with Gasteiger partial charge in [-0.2, -0.15) is 0 Å². The van der Waals surface area contributed by atoms with Gasteiger partial charge in [0.05, 0.1) is 6.04 Å². The standard InChI is InChI=1S/C14H20N2O2/c1-3-4-8-13(15)14(18)16-12-7-5-6-11(9-12)10(2)17/h5-7,9,13H,3-4,8,15H2,1-2H3,(H,16,18)/t13-/m0/s1. The molecule has 0 aliphatic carbocycles. The molecule has 0 heterocycles. The molecule has 0 aliphatic heterocycles. The number of rotatable bonds is 6. The predicted octanol–water partition coefficient (Wildman–Crippen LogP) is 2.35. The zero-order chi connectivity index (χ0) is 13.5. The van der Waals surface area contributed by atoms with E-state index in [1.54, 1.807) is 24.3 Å². The maximum absolute atomic E-state index is 11.8. The normalized spacial score (nSPS) is 11.9. The highest BCUT2D eigenvalue weighted by atomic mass is 16.2. The molecule has 98 valence electrons. The van der Waals surface area contributed by atoms with E-state index in [0.717, 1.165) is 12.8 Å². The average Bonchev–Trinajstić information content (AvgIpc) is 2.36. The Hall–Kier alpha value is -1.68. The molecule has 18 heavy (non-hydrogen) atoms. The van der Waals surface area contributed by atoms with Crippen LogP contribution >= 0.6 is 0 Å². The van der Waals surface area contributed by atoms with Gasteiger partial charge in [-0.1, -0.05) is 31.9 Å². The van der Waals surface area contributed by atoms with Gasteiger partial charge in [0, 0.05) is 11.3 Å². The van der Waals surface area contributed by atoms with E-state index in [4.69, 9.17) is 5.73 Å². The third kappa shape index (κ3) is 4.30. The third-order valence-electron chi connectivity index (χ3n) is 2.74. The second-order valence-corrected chi connectivity index (χ2v) is 4.37. The van der Waals surface area contributed by atoms with E-state index in [-0.39, 0.29) is 11.7 Å². The van der Waals surface area contributed by atoms with Crippen molar-refractivity contribution in [1.82, 2.24) is 0 Å². The molecule has 0 bridgehead atoms. The van der Waals surface area contributed by atoms with Crippen molar-refractivity contribution in [2.45, 2.75) is 39.2 Å². The topological polar surface area (TPSA) is 72.2 Å². The molecular formula is C14H20N2O2. The molecule has 0 spiro atoms. The molecule has 0 unspecified atom stereocenters. The lowest BCUT2D eigenvalue weighted by atomic mass is 10.1. The van der Waals surface area contributed by atoms with E-state index in [2.05, 4.69) is 12.2 Å². The molecule has 1 aromatic rings. The van der Waals surface area contributed by atoms with Crippen LogP contribution in [-0.4, -0.2) is 17.7 Å². The van der Waals surface area contributed by atoms with Gasteiger partial charge >= 0.3 is 0 Å². The largest absolute Gasteiger partial charge is 0.325 e. The number of hydrogen-bond acceptors (Lipinski definition) is 3. The zero-order valence-corrected chi connectivity index (χ0v) is 10.9. The van der Waals surface area contributed by atoms with Crippen molar-refractivity contribution in [3.8, 4) is 0 Å². The van der Waals surface area contributed by atoms with Crippen molar-refractivity contribution in [2.75, 3.05) is 5.32 Å². The maximum Gasteiger partial charge on any atom is 0.241 e. The van der Waals surface area contributed by atoms with Gasteiger partial charge in [-0.25, -0.2) is 0 Å². The summed E-state index contributed by atoms with van der Waals surface area (Å²) in [6.45, 7) is 3.55. The summed E-state index contributed by atoms with van der Waals surface area (Å²) in [5, 5.41) is 2.73. The van der Waals surface area contributed by atoms with E-state index in [1.165, 1.54) is 6.92 Å². The highest BCUT2D eigenvalue weighted by Crippen LogP contribution is 2.12. The summed E-state index contributed by atoms with van der Waals surface area (Å²) in [7, 11) is 0. The fourth-order valence-electron chi connectivity index (χ4n) is 1.61. The zero-order valence-electron chi connectivity index (χ0n) is 10.9. The van der Waals surface area contributed by atoms with Gasteiger partial charge in [-0.15, -0.1) is 0 Å². The first kappa shape index (κ1) is 14.4. The lowest BCUT2D eigenvalue weighted by molar-refractivity contribution is -0.117. The number of carbonyl (C=O) groups is 2. The van der Waals surface area contributed by atoms with Crippen LogP contribution in [-0.2, 0) is 4.79 Å². The highest BCUT2D eigenvalue weighted by molar-refractivity contribution is 5.98. The molecular weight excluding hydrogens is 228 g/mol. The van der Waals surface area contributed by atoms with Crippen molar-refractivity contribution in [1.29, 1.82) is 0 Å². The SMILES string of the molecule is CCCC[C@H](N)C(=O)Nc1cccc(C(C)=O)c1. The Morgan fingerprint density at radius 3 is 2.72 bits per heavy atom. The predicted molar refractivity (Wildman–Crippen MR) is 72.6 cm³/mol. The second-order valence-electron chi connectivity index (χ2n) is 4.37. The van der Waals surface area contributed by atoms with Crippen LogP contribution in [0.2, 0.25) is 0 Å². The monoisotopic (exact) mass is 248 g/mol. The van der Waals surface area contributed by atoms with Crippen LogP contribution in [0.15, 0.2) is 24.3 Å². The Kier molecular flexibility index (Phi) is 5.52. The number of amides is 1. The molecule has 0 saturated carbocycles. The second kappa shape index (κ2) is 6.91. The van der Waals surface area contributed by atoms with Crippen molar-refractivity contribution in [3.63, 3.8) is 0 Å². The van der Waals surface area contributed by atoms with E-state index < -0.39 is 6.04 Å². The Morgan fingerprint density at radius 2 is 2.11 bits per heavy atom. The molecule has 4 nitrogen and oxygen atoms in total. The van der Waals surface area contributed by atoms with Gasteiger partial charge in [0.1, 0.15) is 0 Å². The summed E-state index contributed by atoms with van der Waals surface area (Å²) in [5.74, 6) is -0.231. The number of carbonyl (C=O) groups excluding carboxylic acids is 2. The molecule has 1 rings (SSSR count). The summed E-state index contributed by atoms with van der Waals surface area (Å²) in [6.07, 6.45) is 2.62. The van der Waals surface area contributed by atoms with E-state index in [0.29, 0.717) is 17.7 Å². The molecule has 1 aromatic carbocycles. The quantitative estimate of drug-likeness (QED) is 0.759. The fourth-order valence-corrected chi connectivity index (χ4v) is 1.61. The number of unbranched alkanes of at least 4 members (excludes halogenated alkanes) is 1. The smallest absolute Gasteiger partial charge is 0.241 e. The number of nitrogens with two attached hydrogens (primary N) is 1. The van der Waals surface area contributed by atoms with E-state index in [1.807, 2.05) is 0 Å². The summed E-state index contributed by atoms with van der Waals surface area (Å²) in [6, 6.07) is 6.37. The van der Waals surface area contributed by atoms with E-state index >= 15 is 0 Å². The number of ketones is 1. The van der Waals surface area contributed by atoms with Gasteiger partial charge in [-0.05, 0) is 25.5 Å². The molecule has 0 aliphatic rings. The summed E-state index contributed by atoms with van der Waals surface area (Å²) >= 11 is 0. The average molecular weight is 248 g/mol. The molecule has 0 radical (unpaired) electrons. The lowest BCUT2D eigenvalue weighted by Crippen LogP contribution is -2.35. The number of nitrogens with one attached hydrogen (secondary N) is 1. The molecule has 0 fully saturated rings. The first-order valence-corrected chi connectivity index (χ1v) is 6.22. The van der Waals surface area contributed by atoms with Crippen LogP contribution < -0.4 is 11.1 Å². The van der Waals surface area contributed by atoms with Gasteiger partial charge < -0.3 is 11.1 Å². The molecule has 4 heteroatoms. The Balaban J connectivity index is 2.64. The molecule has 3 N–H and O–H groups in total. The summed E-state index contributed by atoms with van der Waals surface area (Å²) < 4.78 is 0. The number of benzene rings is 1. The van der Waals surface area contributed by atoms with Gasteiger partial charge in [0.15, 0.2) is 5.78 Å². The van der Waals surface area contributed by atoms with Crippen molar-refractivity contribution in [3.05, 3.63) is 29.8 Å². The molecule has 0 saturated heterocycles. The maximum atomic E-state index is 11.8. The van der Waals surface area contributed by atoms with Crippen LogP contribution in [0.25, 0.3) is 0 Å². The highest BCUT2D eigenvalue weighted by Gasteiger charge is 2.13. The molecule has 1 atom stereocenters. The Labute approximate surface area is 108 Å². The third-order valence-corrected chi connectivity index (χ3v) is 2.74. The number of hydrogen-bond donors (Lipinski definition) is 2. The minimum absolute atomic E-state index is 0.0265. The Bertz CT molecular complexity index is 430. The number of Topliss-reactive ketones (excluding diaryl/α,β-unsaturated/α-hetero) is 1. The first-order valence-electron chi connectivity index (χ1n) is 6.22. The van der Waals surface area contributed by atoms with Crippen molar-refractivity contribution in [2.24, 2.45) is 5.73 Å². The van der Waals surface area contributed by atoms with Gasteiger partial charge in [0.2, 0.25) is 5.91 Å². The van der Waals surface area contributed by atoms with Crippen LogP contribution in [0, 0.1) is 0 Å². The van der Waals surface area contributed by atoms with Gasteiger partial charge in [0.25, 0.3) is 0 Å². The van der Waals surface area contributed by atoms with Crippen molar-refractivity contribution < 1.29 is 9.59 Å². The molecule has 0 aromatic heterocycles. The summed E-state index contributed by atoms with van der Waals surface area (Å²) in [4.78, 5) is 23.0. The van der Waals surface area contributed by atoms with Crippen LogP contribution in [0.1, 0.15) is 43.5 Å². The van der Waals surface area contributed by atoms with Crippen molar-refractivity contribution >= 4 is 17.4 Å². The van der Waals surface area contributed by atoms with Crippen LogP contribution in [0.3, 0.4) is 0 Å². The molecule has 1 amide bonds. The summed E-state index contributed by atoms with van der Waals surface area (Å²) in [5.41, 5.74) is 6.96. The fraction of sp³-hybridized carbons (Fsp3) is 0.429. The first-order chi connectivity index (χ1) is 8.54. The van der Waals surface area contributed by atoms with Gasteiger partial charge in [-0.3, -0.25) is 9.59 Å². The number of anilines is 1. The van der Waals surface area contributed by atoms with Crippen LogP contribution in [0.5, 0.6) is 0 Å². The lowest BCUT2D eigenvalue weighted by Gasteiger charge is -2.12. The Morgan fingerprint density at radius 1 is 1.39 bits per heavy atom. The minimum atomic E-state index is -0.495.